The first-order valence-electron chi connectivity index (χ1n) is 4.90. The third-order valence-corrected chi connectivity index (χ3v) is 2.63. The second-order valence-electron chi connectivity index (χ2n) is 3.54. The van der Waals surface area contributed by atoms with Gasteiger partial charge in [-0.05, 0) is 6.92 Å². The van der Waals surface area contributed by atoms with Crippen LogP contribution in [-0.4, -0.2) is 24.2 Å². The molecule has 0 aliphatic heterocycles. The van der Waals surface area contributed by atoms with E-state index in [2.05, 4.69) is 24.1 Å². The monoisotopic (exact) mass is 214 g/mol. The summed E-state index contributed by atoms with van der Waals surface area (Å²) in [6, 6.07) is 0.528. The number of hydrogen-bond donors (Lipinski definition) is 1. The van der Waals surface area contributed by atoms with Crippen LogP contribution in [0.1, 0.15) is 24.5 Å². The molecule has 1 rings (SSSR count). The normalized spacial score (nSPS) is 11.1. The molecule has 0 saturated carbocycles. The molecule has 0 bridgehead atoms. The van der Waals surface area contributed by atoms with Crippen molar-refractivity contribution in [2.24, 2.45) is 0 Å². The number of thiazole rings is 1. The van der Waals surface area contributed by atoms with E-state index in [0.717, 1.165) is 23.9 Å². The number of aryl methyl sites for hydroxylation is 1. The number of ether oxygens (including phenoxy) is 1. The first kappa shape index (κ1) is 11.6. The van der Waals surface area contributed by atoms with Crippen molar-refractivity contribution < 1.29 is 4.74 Å². The van der Waals surface area contributed by atoms with Gasteiger partial charge in [0.2, 0.25) is 0 Å². The highest BCUT2D eigenvalue weighted by molar-refractivity contribution is 7.09. The second kappa shape index (κ2) is 6.11. The molecular weight excluding hydrogens is 196 g/mol. The minimum Gasteiger partial charge on any atom is -0.373 e. The van der Waals surface area contributed by atoms with Crippen LogP contribution in [0, 0.1) is 6.92 Å². The van der Waals surface area contributed by atoms with Crippen LogP contribution in [0.5, 0.6) is 0 Å². The van der Waals surface area contributed by atoms with Crippen LogP contribution in [0.15, 0.2) is 5.38 Å². The summed E-state index contributed by atoms with van der Waals surface area (Å²) < 4.78 is 5.47. The third-order valence-electron chi connectivity index (χ3n) is 1.69. The van der Waals surface area contributed by atoms with Crippen LogP contribution < -0.4 is 5.32 Å². The van der Waals surface area contributed by atoms with Gasteiger partial charge in [0, 0.05) is 23.7 Å². The van der Waals surface area contributed by atoms with Crippen LogP contribution in [-0.2, 0) is 11.3 Å². The Balaban J connectivity index is 2.04. The van der Waals surface area contributed by atoms with Crippen molar-refractivity contribution in [3.05, 3.63) is 16.1 Å². The Hall–Kier alpha value is -0.450. The van der Waals surface area contributed by atoms with Gasteiger partial charge in [-0.25, -0.2) is 4.98 Å². The molecule has 0 aliphatic rings. The average molecular weight is 214 g/mol. The van der Waals surface area contributed by atoms with Gasteiger partial charge in [0.1, 0.15) is 5.01 Å². The van der Waals surface area contributed by atoms with Crippen LogP contribution in [0.25, 0.3) is 0 Å². The Bertz CT molecular complexity index is 260. The zero-order valence-electron chi connectivity index (χ0n) is 9.04. The zero-order chi connectivity index (χ0) is 10.4. The van der Waals surface area contributed by atoms with Crippen LogP contribution in [0.4, 0.5) is 0 Å². The maximum absolute atomic E-state index is 5.47. The lowest BCUT2D eigenvalue weighted by molar-refractivity contribution is 0.121. The molecule has 14 heavy (non-hydrogen) atoms. The van der Waals surface area contributed by atoms with E-state index in [1.54, 1.807) is 11.3 Å². The van der Waals surface area contributed by atoms with Gasteiger partial charge in [-0.15, -0.1) is 11.3 Å². The molecule has 0 amide bonds. The predicted molar refractivity (Wildman–Crippen MR) is 59.6 cm³/mol. The Labute approximate surface area is 89.5 Å². The molecule has 0 spiro atoms. The van der Waals surface area contributed by atoms with Gasteiger partial charge in [-0.1, -0.05) is 13.8 Å². The topological polar surface area (TPSA) is 34.1 Å². The maximum Gasteiger partial charge on any atom is 0.119 e. The summed E-state index contributed by atoms with van der Waals surface area (Å²) >= 11 is 1.66. The quantitative estimate of drug-likeness (QED) is 0.735. The van der Waals surface area contributed by atoms with Crippen molar-refractivity contribution in [2.75, 3.05) is 13.2 Å². The lowest BCUT2D eigenvalue weighted by atomic mass is 10.4. The lowest BCUT2D eigenvalue weighted by Gasteiger charge is -2.07. The molecule has 0 saturated heterocycles. The third kappa shape index (κ3) is 4.69. The first-order chi connectivity index (χ1) is 6.68. The second-order valence-corrected chi connectivity index (χ2v) is 4.49. The van der Waals surface area contributed by atoms with Crippen LogP contribution in [0.2, 0.25) is 0 Å². The van der Waals surface area contributed by atoms with E-state index in [1.165, 1.54) is 0 Å². The molecule has 0 atom stereocenters. The maximum atomic E-state index is 5.47. The van der Waals surface area contributed by atoms with Gasteiger partial charge in [-0.2, -0.15) is 0 Å². The van der Waals surface area contributed by atoms with E-state index < -0.39 is 0 Å². The van der Waals surface area contributed by atoms with Crippen molar-refractivity contribution >= 4 is 11.3 Å². The molecule has 0 aliphatic carbocycles. The van der Waals surface area contributed by atoms with E-state index >= 15 is 0 Å². The lowest BCUT2D eigenvalue weighted by Crippen LogP contribution is -2.26. The molecule has 0 aromatic carbocycles. The van der Waals surface area contributed by atoms with Gasteiger partial charge in [0.25, 0.3) is 0 Å². The van der Waals surface area contributed by atoms with Crippen molar-refractivity contribution in [3.63, 3.8) is 0 Å². The summed E-state index contributed by atoms with van der Waals surface area (Å²) in [6.07, 6.45) is 0. The van der Waals surface area contributed by atoms with E-state index in [1.807, 2.05) is 12.3 Å². The molecule has 1 heterocycles. The van der Waals surface area contributed by atoms with Gasteiger partial charge >= 0.3 is 0 Å². The minimum absolute atomic E-state index is 0.528. The van der Waals surface area contributed by atoms with E-state index in [-0.39, 0.29) is 0 Å². The number of nitrogens with zero attached hydrogens (tertiary/aromatic N) is 1. The van der Waals surface area contributed by atoms with Crippen molar-refractivity contribution in [2.45, 2.75) is 33.4 Å². The number of aromatic nitrogens is 1. The summed E-state index contributed by atoms with van der Waals surface area (Å²) in [5.41, 5.74) is 1.08. The molecule has 80 valence electrons. The molecule has 0 radical (unpaired) electrons. The summed E-state index contributed by atoms with van der Waals surface area (Å²) in [6.45, 7) is 8.55. The van der Waals surface area contributed by atoms with Gasteiger partial charge in [-0.3, -0.25) is 0 Å². The Kier molecular flexibility index (Phi) is 5.07. The summed E-state index contributed by atoms with van der Waals surface area (Å²) in [4.78, 5) is 4.32. The smallest absolute Gasteiger partial charge is 0.119 e. The molecule has 1 aromatic heterocycles. The van der Waals surface area contributed by atoms with Crippen LogP contribution >= 0.6 is 11.3 Å². The highest BCUT2D eigenvalue weighted by Crippen LogP contribution is 2.09. The molecule has 0 fully saturated rings. The zero-order valence-corrected chi connectivity index (χ0v) is 9.86. The number of nitrogens with one attached hydrogen (secondary N) is 1. The van der Waals surface area contributed by atoms with E-state index in [0.29, 0.717) is 12.6 Å². The molecule has 4 heteroatoms. The molecular formula is C10H18N2OS. The highest BCUT2D eigenvalue weighted by Gasteiger charge is 1.98. The fraction of sp³-hybridized carbons (Fsp3) is 0.700. The average Bonchev–Trinajstić information content (AvgIpc) is 2.50. The largest absolute Gasteiger partial charge is 0.373 e. The summed E-state index contributed by atoms with van der Waals surface area (Å²) in [5, 5.41) is 6.40. The molecule has 0 unspecified atom stereocenters. The SMILES string of the molecule is Cc1csc(COCCNC(C)C)n1. The number of rotatable bonds is 6. The van der Waals surface area contributed by atoms with Crippen LogP contribution in [0.3, 0.4) is 0 Å². The Morgan fingerprint density at radius 1 is 1.57 bits per heavy atom. The Morgan fingerprint density at radius 3 is 2.93 bits per heavy atom. The Morgan fingerprint density at radius 2 is 2.36 bits per heavy atom. The standard InChI is InChI=1S/C10H18N2OS/c1-8(2)11-4-5-13-6-10-12-9(3)7-14-10/h7-8,11H,4-6H2,1-3H3. The van der Waals surface area contributed by atoms with Gasteiger partial charge < -0.3 is 10.1 Å². The summed E-state index contributed by atoms with van der Waals surface area (Å²) in [7, 11) is 0. The first-order valence-corrected chi connectivity index (χ1v) is 5.78. The molecule has 1 aromatic rings. The van der Waals surface area contributed by atoms with E-state index in [9.17, 15) is 0 Å². The van der Waals surface area contributed by atoms with Crippen molar-refractivity contribution in [3.8, 4) is 0 Å². The minimum atomic E-state index is 0.528. The van der Waals surface area contributed by atoms with Gasteiger partial charge in [0.05, 0.1) is 13.2 Å². The van der Waals surface area contributed by atoms with Crippen molar-refractivity contribution in [1.29, 1.82) is 0 Å². The van der Waals surface area contributed by atoms with E-state index in [4.69, 9.17) is 4.74 Å². The fourth-order valence-corrected chi connectivity index (χ4v) is 1.76. The molecule has 3 nitrogen and oxygen atoms in total. The fourth-order valence-electron chi connectivity index (χ4n) is 1.05. The highest BCUT2D eigenvalue weighted by atomic mass is 32.1. The number of hydrogen-bond acceptors (Lipinski definition) is 4. The van der Waals surface area contributed by atoms with Gasteiger partial charge in [0.15, 0.2) is 0 Å². The predicted octanol–water partition coefficient (Wildman–Crippen LogP) is 1.97. The van der Waals surface area contributed by atoms with Crippen molar-refractivity contribution in [1.82, 2.24) is 10.3 Å². The summed E-state index contributed by atoms with van der Waals surface area (Å²) in [5.74, 6) is 0. The molecule has 1 N–H and O–H groups in total.